The Morgan fingerprint density at radius 3 is 1.46 bits per heavy atom. The summed E-state index contributed by atoms with van der Waals surface area (Å²) in [4.78, 5) is 135. The molecule has 12 atom stereocenters. The number of nitrogens with two attached hydrogens (primary N) is 3. The molecule has 0 unspecified atom stereocenters. The average molecular weight is 1120 g/mol. The van der Waals surface area contributed by atoms with Crippen LogP contribution < -0.4 is 65.1 Å². The van der Waals surface area contributed by atoms with Crippen molar-refractivity contribution in [2.45, 2.75) is 193 Å². The van der Waals surface area contributed by atoms with Gasteiger partial charge in [-0.05, 0) is 94.2 Å². The summed E-state index contributed by atoms with van der Waals surface area (Å²) in [6.45, 7) is 14.4. The van der Waals surface area contributed by atoms with Gasteiger partial charge in [0.1, 0.15) is 48.3 Å². The zero-order valence-electron chi connectivity index (χ0n) is 47.7. The lowest BCUT2D eigenvalue weighted by atomic mass is 9.94. The number of aliphatic hydroxyl groups excluding tert-OH is 2. The Hall–Kier alpha value is -6.28. The molecule has 0 saturated heterocycles. The van der Waals surface area contributed by atoms with E-state index in [2.05, 4.69) is 47.9 Å². The van der Waals surface area contributed by atoms with Crippen LogP contribution in [0.15, 0.2) is 30.3 Å². The van der Waals surface area contributed by atoms with Gasteiger partial charge >= 0.3 is 5.97 Å². The molecule has 0 aliphatic carbocycles. The van der Waals surface area contributed by atoms with Crippen LogP contribution in [0.4, 0.5) is 0 Å². The highest BCUT2D eigenvalue weighted by Gasteiger charge is 2.37. The van der Waals surface area contributed by atoms with Crippen LogP contribution in [0.25, 0.3) is 0 Å². The fraction of sp³-hybridized carbons (Fsp3) is 0.704. The van der Waals surface area contributed by atoms with Crippen molar-refractivity contribution in [2.75, 3.05) is 26.2 Å². The fourth-order valence-electron chi connectivity index (χ4n) is 8.22. The number of rotatable bonds is 39. The molecule has 0 aliphatic rings. The van der Waals surface area contributed by atoms with Gasteiger partial charge in [-0.2, -0.15) is 0 Å². The van der Waals surface area contributed by atoms with E-state index in [4.69, 9.17) is 17.2 Å². The number of amides is 9. The zero-order chi connectivity index (χ0) is 59.9. The molecule has 0 radical (unpaired) electrons. The number of carbonyl (C=O) groups is 10. The van der Waals surface area contributed by atoms with E-state index in [9.17, 15) is 63.3 Å². The summed E-state index contributed by atoms with van der Waals surface area (Å²) in [7, 11) is 0. The van der Waals surface area contributed by atoms with Crippen molar-refractivity contribution < 1.29 is 63.3 Å². The van der Waals surface area contributed by atoms with E-state index >= 15 is 0 Å². The summed E-state index contributed by atoms with van der Waals surface area (Å²) in [6.07, 6.45) is 1.97. The minimum Gasteiger partial charge on any atom is -0.480 e. The number of benzene rings is 1. The lowest BCUT2D eigenvalue weighted by Crippen LogP contribution is -2.62. The second-order valence-corrected chi connectivity index (χ2v) is 21.2. The molecule has 1 rings (SSSR count). The second-order valence-electron chi connectivity index (χ2n) is 21.2. The molecule has 0 aromatic heterocycles. The summed E-state index contributed by atoms with van der Waals surface area (Å²) in [5.74, 6) is -9.92. The molecule has 0 bridgehead atoms. The van der Waals surface area contributed by atoms with Gasteiger partial charge in [-0.1, -0.05) is 105 Å². The van der Waals surface area contributed by atoms with Gasteiger partial charge in [0.15, 0.2) is 0 Å². The molecule has 25 nitrogen and oxygen atoms in total. The van der Waals surface area contributed by atoms with Gasteiger partial charge in [0, 0.05) is 6.42 Å². The number of carboxylic acids is 1. The molecule has 0 fully saturated rings. The van der Waals surface area contributed by atoms with Crippen molar-refractivity contribution in [1.82, 2.24) is 47.9 Å². The standard InChI is InChI=1S/C54H94N12O13/c1-10-32(7)43(52(76)63-41(29-67)50(74)60-37(22-16-18-24-56)47(71)62-40(54(78)79)26-31(5)6)65-53(77)44(33(8)11-2)64-49(73)39(27-35-19-13-12-14-20-35)59-42(69)28-58-51(75)45(34(9)68)66-48(72)38(25-30(3)4)61-46(70)36(57)21-15-17-23-55/h12-14,19-20,30-34,36-41,43-45,67-68H,10-11,15-18,21-29,55-57H2,1-9H3,(H,58,75)(H,59,69)(H,60,74)(H,61,70)(H,62,71)(H,63,76)(H,64,73)(H,65,77)(H,66,72)(H,78,79)/t32-,33-,34+,36-,37-,38-,39-,40-,41-,43-,44-,45-/m0/s1. The number of carbonyl (C=O) groups excluding carboxylic acids is 9. The van der Waals surface area contributed by atoms with Crippen LogP contribution in [0, 0.1) is 23.7 Å². The quantitative estimate of drug-likeness (QED) is 0.0332. The Morgan fingerprint density at radius 1 is 0.506 bits per heavy atom. The van der Waals surface area contributed by atoms with Gasteiger partial charge in [0.2, 0.25) is 53.2 Å². The van der Waals surface area contributed by atoms with E-state index in [-0.39, 0.29) is 44.1 Å². The molecule has 1 aromatic carbocycles. The first-order valence-corrected chi connectivity index (χ1v) is 27.7. The predicted molar refractivity (Wildman–Crippen MR) is 297 cm³/mol. The summed E-state index contributed by atoms with van der Waals surface area (Å²) < 4.78 is 0. The van der Waals surface area contributed by atoms with Crippen LogP contribution in [0.3, 0.4) is 0 Å². The highest BCUT2D eigenvalue weighted by molar-refractivity contribution is 5.98. The summed E-state index contributed by atoms with van der Waals surface area (Å²) in [5.41, 5.74) is 17.9. The number of aliphatic hydroxyl groups is 2. The number of nitrogens with one attached hydrogen (secondary N) is 9. The minimum atomic E-state index is -1.62. The van der Waals surface area contributed by atoms with Crippen LogP contribution in [0.1, 0.15) is 132 Å². The van der Waals surface area contributed by atoms with Crippen molar-refractivity contribution in [3.05, 3.63) is 35.9 Å². The highest BCUT2D eigenvalue weighted by atomic mass is 16.4. The van der Waals surface area contributed by atoms with E-state index < -0.39 is 145 Å². The Morgan fingerprint density at radius 2 is 0.949 bits per heavy atom. The first-order valence-electron chi connectivity index (χ1n) is 27.7. The van der Waals surface area contributed by atoms with Crippen LogP contribution in [0.5, 0.6) is 0 Å². The van der Waals surface area contributed by atoms with Crippen molar-refractivity contribution in [3.63, 3.8) is 0 Å². The normalized spacial score (nSPS) is 15.9. The molecule has 0 spiro atoms. The second kappa shape index (κ2) is 37.6. The van der Waals surface area contributed by atoms with E-state index in [0.29, 0.717) is 57.1 Å². The van der Waals surface area contributed by atoms with Crippen LogP contribution >= 0.6 is 0 Å². The molecule has 0 saturated carbocycles. The van der Waals surface area contributed by atoms with Crippen LogP contribution in [0.2, 0.25) is 0 Å². The number of hydrogen-bond donors (Lipinski definition) is 15. The highest BCUT2D eigenvalue weighted by Crippen LogP contribution is 2.15. The third-order valence-corrected chi connectivity index (χ3v) is 13.4. The molecule has 448 valence electrons. The predicted octanol–water partition coefficient (Wildman–Crippen LogP) is -1.55. The smallest absolute Gasteiger partial charge is 0.326 e. The number of carboxylic acid groups (broad SMARTS) is 1. The maximum Gasteiger partial charge on any atom is 0.326 e. The lowest BCUT2D eigenvalue weighted by Gasteiger charge is -2.31. The third-order valence-electron chi connectivity index (χ3n) is 13.4. The van der Waals surface area contributed by atoms with E-state index in [0.717, 1.165) is 0 Å². The monoisotopic (exact) mass is 1120 g/mol. The maximum atomic E-state index is 14.3. The molecule has 79 heavy (non-hydrogen) atoms. The number of unbranched alkanes of at least 4 members (excludes halogenated alkanes) is 2. The Bertz CT molecular complexity index is 2100. The average Bonchev–Trinajstić information content (AvgIpc) is 3.39. The molecule has 9 amide bonds. The van der Waals surface area contributed by atoms with E-state index in [1.54, 1.807) is 71.9 Å². The molecule has 25 heteroatoms. The Balaban J connectivity index is 3.36. The van der Waals surface area contributed by atoms with Gasteiger partial charge in [0.25, 0.3) is 0 Å². The molecule has 0 heterocycles. The van der Waals surface area contributed by atoms with Crippen molar-refractivity contribution in [2.24, 2.45) is 40.9 Å². The van der Waals surface area contributed by atoms with Gasteiger partial charge < -0.3 is 80.4 Å². The SMILES string of the molecule is CC[C@H](C)[C@H](NC(=O)[C@H](Cc1ccccc1)NC(=O)CNC(=O)[C@@H](NC(=O)[C@H](CC(C)C)NC(=O)[C@@H](N)CCCCN)[C@@H](C)O)C(=O)N[C@H](C(=O)N[C@@H](CO)C(=O)N[C@@H](CCCCN)C(=O)N[C@@H](CC(C)C)C(=O)O)[C@@H](C)CC. The van der Waals surface area contributed by atoms with Gasteiger partial charge in [-0.25, -0.2) is 4.79 Å². The Kier molecular flexibility index (Phi) is 33.6. The van der Waals surface area contributed by atoms with Gasteiger partial charge in [-0.15, -0.1) is 0 Å². The first kappa shape index (κ1) is 70.7. The molecular weight excluding hydrogens is 1020 g/mol. The topological polar surface area (TPSA) is 418 Å². The molecule has 1 aromatic rings. The third kappa shape index (κ3) is 26.5. The number of aliphatic carboxylic acids is 1. The lowest BCUT2D eigenvalue weighted by molar-refractivity contribution is -0.143. The molecule has 0 aliphatic heterocycles. The van der Waals surface area contributed by atoms with Crippen molar-refractivity contribution in [3.8, 4) is 0 Å². The van der Waals surface area contributed by atoms with Gasteiger partial charge in [0.05, 0.1) is 25.3 Å². The van der Waals surface area contributed by atoms with Crippen LogP contribution in [-0.2, 0) is 54.4 Å². The summed E-state index contributed by atoms with van der Waals surface area (Å²) in [5, 5.41) is 53.7. The molecule has 18 N–H and O–H groups in total. The van der Waals surface area contributed by atoms with Crippen LogP contribution in [-0.4, -0.2) is 161 Å². The maximum absolute atomic E-state index is 14.3. The zero-order valence-corrected chi connectivity index (χ0v) is 47.7. The van der Waals surface area contributed by atoms with Crippen molar-refractivity contribution >= 4 is 59.1 Å². The van der Waals surface area contributed by atoms with E-state index in [1.807, 2.05) is 13.8 Å². The number of hydrogen-bond acceptors (Lipinski definition) is 15. The van der Waals surface area contributed by atoms with Gasteiger partial charge in [-0.3, -0.25) is 43.2 Å². The minimum absolute atomic E-state index is 0.0674. The van der Waals surface area contributed by atoms with Crippen molar-refractivity contribution in [1.29, 1.82) is 0 Å². The Labute approximate surface area is 465 Å². The largest absolute Gasteiger partial charge is 0.480 e. The first-order chi connectivity index (χ1) is 37.2. The summed E-state index contributed by atoms with van der Waals surface area (Å²) >= 11 is 0. The molecular formula is C54H94N12O13. The fourth-order valence-corrected chi connectivity index (χ4v) is 8.22. The van der Waals surface area contributed by atoms with E-state index in [1.165, 1.54) is 6.92 Å². The summed E-state index contributed by atoms with van der Waals surface area (Å²) in [6, 6.07) is -3.08.